The molecular weight excluding hydrogens is 286 g/mol. The summed E-state index contributed by atoms with van der Waals surface area (Å²) < 4.78 is 4.99. The van der Waals surface area contributed by atoms with Crippen molar-refractivity contribution >= 4 is 11.8 Å². The molecule has 1 aliphatic heterocycles. The highest BCUT2D eigenvalue weighted by Gasteiger charge is 2.38. The van der Waals surface area contributed by atoms with Gasteiger partial charge in [-0.05, 0) is 25.5 Å². The molecule has 0 saturated carbocycles. The second kappa shape index (κ2) is 6.65. The summed E-state index contributed by atoms with van der Waals surface area (Å²) in [6.45, 7) is 2.58. The Balaban J connectivity index is 2.25. The Bertz CT molecular complexity index is 576. The van der Waals surface area contributed by atoms with Crippen LogP contribution >= 0.6 is 0 Å². The lowest BCUT2D eigenvalue weighted by molar-refractivity contribution is -0.124. The molecule has 7 heteroatoms. The number of phenols is 1. The number of likely N-dealkylation sites (N-methyl/N-ethyl adjacent to an activating group) is 1. The van der Waals surface area contributed by atoms with Gasteiger partial charge in [0, 0.05) is 25.2 Å². The Morgan fingerprint density at radius 2 is 2.23 bits per heavy atom. The predicted octanol–water partition coefficient (Wildman–Crippen LogP) is 0.0787. The van der Waals surface area contributed by atoms with E-state index >= 15 is 0 Å². The number of amides is 2. The Kier molecular flexibility index (Phi) is 4.87. The summed E-state index contributed by atoms with van der Waals surface area (Å²) in [6.07, 6.45) is 0.411. The Morgan fingerprint density at radius 3 is 2.82 bits per heavy atom. The van der Waals surface area contributed by atoms with Gasteiger partial charge < -0.3 is 25.8 Å². The molecule has 22 heavy (non-hydrogen) atoms. The van der Waals surface area contributed by atoms with E-state index in [1.807, 2.05) is 6.92 Å². The van der Waals surface area contributed by atoms with Crippen LogP contribution in [0.3, 0.4) is 0 Å². The minimum absolute atomic E-state index is 0.129. The second-order valence-electron chi connectivity index (χ2n) is 5.25. The van der Waals surface area contributed by atoms with Crippen LogP contribution in [0.25, 0.3) is 0 Å². The third kappa shape index (κ3) is 3.14. The molecule has 2 amide bonds. The zero-order valence-electron chi connectivity index (χ0n) is 12.7. The van der Waals surface area contributed by atoms with Crippen LogP contribution in [0.1, 0.15) is 23.7 Å². The molecule has 1 aromatic rings. The smallest absolute Gasteiger partial charge is 0.258 e. The fourth-order valence-corrected chi connectivity index (χ4v) is 2.61. The largest absolute Gasteiger partial charge is 0.507 e. The molecular formula is C15H21N3O4. The number of carbonyl (C=O) groups excluding carboxylic acids is 2. The molecule has 0 aromatic heterocycles. The van der Waals surface area contributed by atoms with Crippen LogP contribution in [0, 0.1) is 0 Å². The van der Waals surface area contributed by atoms with Crippen molar-refractivity contribution in [1.82, 2.24) is 10.2 Å². The number of methoxy groups -OCH3 is 1. The molecule has 1 aliphatic rings. The fourth-order valence-electron chi connectivity index (χ4n) is 2.61. The molecule has 0 bridgehead atoms. The quantitative estimate of drug-likeness (QED) is 0.730. The van der Waals surface area contributed by atoms with E-state index in [-0.39, 0.29) is 29.8 Å². The number of hydrogen-bond donors (Lipinski definition) is 3. The summed E-state index contributed by atoms with van der Waals surface area (Å²) in [6, 6.07) is 3.57. The monoisotopic (exact) mass is 307 g/mol. The van der Waals surface area contributed by atoms with Crippen LogP contribution in [-0.4, -0.2) is 54.1 Å². The molecule has 0 radical (unpaired) electrons. The maximum Gasteiger partial charge on any atom is 0.258 e. The van der Waals surface area contributed by atoms with Crippen molar-refractivity contribution in [2.75, 3.05) is 20.2 Å². The van der Waals surface area contributed by atoms with Gasteiger partial charge in [0.2, 0.25) is 5.91 Å². The van der Waals surface area contributed by atoms with E-state index in [1.165, 1.54) is 24.1 Å². The average molecular weight is 307 g/mol. The highest BCUT2D eigenvalue weighted by molar-refractivity contribution is 6.00. The van der Waals surface area contributed by atoms with E-state index in [0.29, 0.717) is 18.7 Å². The van der Waals surface area contributed by atoms with Crippen LogP contribution in [0.2, 0.25) is 0 Å². The van der Waals surface area contributed by atoms with Gasteiger partial charge in [0.15, 0.2) is 0 Å². The van der Waals surface area contributed by atoms with E-state index in [9.17, 15) is 14.7 Å². The Hall–Kier alpha value is -2.28. The number of aromatic hydroxyl groups is 1. The molecule has 2 atom stereocenters. The first-order valence-corrected chi connectivity index (χ1v) is 7.19. The molecule has 0 aliphatic carbocycles. The topological polar surface area (TPSA) is 105 Å². The summed E-state index contributed by atoms with van der Waals surface area (Å²) in [4.78, 5) is 26.1. The number of nitrogens with one attached hydrogen (secondary N) is 1. The van der Waals surface area contributed by atoms with Crippen molar-refractivity contribution in [3.63, 3.8) is 0 Å². The normalized spacial score (nSPS) is 20.8. The molecule has 1 heterocycles. The molecule has 1 saturated heterocycles. The number of nitrogens with zero attached hydrogens (tertiary/aromatic N) is 1. The van der Waals surface area contributed by atoms with E-state index in [4.69, 9.17) is 10.5 Å². The van der Waals surface area contributed by atoms with Crippen molar-refractivity contribution in [1.29, 1.82) is 0 Å². The van der Waals surface area contributed by atoms with E-state index < -0.39 is 11.9 Å². The zero-order valence-corrected chi connectivity index (χ0v) is 12.7. The van der Waals surface area contributed by atoms with Gasteiger partial charge in [0.05, 0.1) is 12.7 Å². The van der Waals surface area contributed by atoms with Crippen molar-refractivity contribution in [3.8, 4) is 11.5 Å². The maximum atomic E-state index is 12.6. The Morgan fingerprint density at radius 1 is 1.50 bits per heavy atom. The van der Waals surface area contributed by atoms with E-state index in [0.717, 1.165) is 0 Å². The van der Waals surface area contributed by atoms with E-state index in [2.05, 4.69) is 5.32 Å². The molecule has 2 rings (SSSR count). The molecule has 4 N–H and O–H groups in total. The van der Waals surface area contributed by atoms with Crippen LogP contribution in [0.4, 0.5) is 0 Å². The van der Waals surface area contributed by atoms with Gasteiger partial charge in [0.1, 0.15) is 17.5 Å². The van der Waals surface area contributed by atoms with Crippen molar-refractivity contribution in [3.05, 3.63) is 23.8 Å². The summed E-state index contributed by atoms with van der Waals surface area (Å²) in [5, 5.41) is 12.7. The number of carbonyl (C=O) groups is 2. The summed E-state index contributed by atoms with van der Waals surface area (Å²) in [5.41, 5.74) is 6.02. The van der Waals surface area contributed by atoms with Gasteiger partial charge in [-0.2, -0.15) is 0 Å². The molecule has 1 fully saturated rings. The van der Waals surface area contributed by atoms with Crippen molar-refractivity contribution in [2.24, 2.45) is 5.73 Å². The standard InChI is InChI=1S/C15H21N3O4/c1-3-17-14(20)12-6-9(16)8-18(12)15(21)11-5-4-10(22-2)7-13(11)19/h4-5,7,9,12,19H,3,6,8,16H2,1-2H3,(H,17,20). The van der Waals surface area contributed by atoms with Gasteiger partial charge in [-0.25, -0.2) is 0 Å². The van der Waals surface area contributed by atoms with Crippen LogP contribution in [0.15, 0.2) is 18.2 Å². The fraction of sp³-hybridized carbons (Fsp3) is 0.467. The first-order valence-electron chi connectivity index (χ1n) is 7.19. The highest BCUT2D eigenvalue weighted by atomic mass is 16.5. The number of ether oxygens (including phenoxy) is 1. The average Bonchev–Trinajstić information content (AvgIpc) is 2.88. The lowest BCUT2D eigenvalue weighted by Crippen LogP contribution is -2.45. The molecule has 1 aromatic carbocycles. The first kappa shape index (κ1) is 16.1. The number of likely N-dealkylation sites (tertiary alicyclic amines) is 1. The van der Waals surface area contributed by atoms with Crippen LogP contribution < -0.4 is 15.8 Å². The minimum atomic E-state index is -0.607. The highest BCUT2D eigenvalue weighted by Crippen LogP contribution is 2.27. The second-order valence-corrected chi connectivity index (χ2v) is 5.25. The number of rotatable bonds is 4. The summed E-state index contributed by atoms with van der Waals surface area (Å²) in [7, 11) is 1.47. The number of nitrogens with two attached hydrogens (primary N) is 1. The van der Waals surface area contributed by atoms with Crippen LogP contribution in [0.5, 0.6) is 11.5 Å². The third-order valence-electron chi connectivity index (χ3n) is 3.68. The first-order chi connectivity index (χ1) is 10.5. The van der Waals surface area contributed by atoms with Crippen molar-refractivity contribution in [2.45, 2.75) is 25.4 Å². The van der Waals surface area contributed by atoms with Crippen LogP contribution in [-0.2, 0) is 4.79 Å². The lowest BCUT2D eigenvalue weighted by Gasteiger charge is -2.24. The summed E-state index contributed by atoms with van der Waals surface area (Å²) >= 11 is 0. The molecule has 120 valence electrons. The van der Waals surface area contributed by atoms with Gasteiger partial charge in [-0.1, -0.05) is 0 Å². The minimum Gasteiger partial charge on any atom is -0.507 e. The molecule has 2 unspecified atom stereocenters. The Labute approximate surface area is 129 Å². The zero-order chi connectivity index (χ0) is 16.3. The van der Waals surface area contributed by atoms with Crippen molar-refractivity contribution < 1.29 is 19.4 Å². The van der Waals surface area contributed by atoms with Gasteiger partial charge in [0.25, 0.3) is 5.91 Å². The lowest BCUT2D eigenvalue weighted by atomic mass is 10.1. The molecule has 7 nitrogen and oxygen atoms in total. The predicted molar refractivity (Wildman–Crippen MR) is 80.8 cm³/mol. The van der Waals surface area contributed by atoms with Gasteiger partial charge >= 0.3 is 0 Å². The SMILES string of the molecule is CCNC(=O)C1CC(N)CN1C(=O)c1ccc(OC)cc1O. The van der Waals surface area contributed by atoms with Gasteiger partial charge in [-0.3, -0.25) is 9.59 Å². The number of hydrogen-bond acceptors (Lipinski definition) is 5. The third-order valence-corrected chi connectivity index (χ3v) is 3.68. The maximum absolute atomic E-state index is 12.6. The molecule has 0 spiro atoms. The number of benzene rings is 1. The number of phenolic OH excluding ortho intramolecular Hbond substituents is 1. The van der Waals surface area contributed by atoms with Gasteiger partial charge in [-0.15, -0.1) is 0 Å². The summed E-state index contributed by atoms with van der Waals surface area (Å²) in [5.74, 6) is -0.368. The van der Waals surface area contributed by atoms with E-state index in [1.54, 1.807) is 6.07 Å².